The Bertz CT molecular complexity index is 296. The Balaban J connectivity index is 5.34. The Kier molecular flexibility index (Phi) is 2.81. The Hall–Kier alpha value is -1.00. The van der Waals surface area contributed by atoms with E-state index in [9.17, 15) is 29.9 Å². The molecule has 0 fully saturated rings. The molecule has 0 amide bonds. The molecule has 78 valence electrons. The van der Waals surface area contributed by atoms with E-state index in [-0.39, 0.29) is 0 Å². The normalized spacial score (nSPS) is 17.6. The zero-order chi connectivity index (χ0) is 10.9. The standard InChI is InChI=1S/C2F5NO4S/c3-1(4,5)2(6,12-8-9)13(7,10)11. The highest BCUT2D eigenvalue weighted by Crippen LogP contribution is 2.40. The molecule has 0 aromatic heterocycles. The molecular formula is C2F5NO4S. The Morgan fingerprint density at radius 1 is 1.15 bits per heavy atom. The van der Waals surface area contributed by atoms with Crippen molar-refractivity contribution in [1.29, 1.82) is 0 Å². The van der Waals surface area contributed by atoms with Gasteiger partial charge in [0.2, 0.25) is 0 Å². The lowest BCUT2D eigenvalue weighted by Crippen LogP contribution is -2.47. The molecule has 0 rings (SSSR count). The van der Waals surface area contributed by atoms with Gasteiger partial charge in [-0.25, -0.2) is 0 Å². The maximum absolute atomic E-state index is 12.2. The van der Waals surface area contributed by atoms with Gasteiger partial charge in [-0.15, -0.1) is 4.91 Å². The molecule has 0 radical (unpaired) electrons. The number of hydrogen-bond acceptors (Lipinski definition) is 5. The van der Waals surface area contributed by atoms with E-state index in [4.69, 9.17) is 4.91 Å². The van der Waals surface area contributed by atoms with Crippen LogP contribution in [0.1, 0.15) is 0 Å². The average Bonchev–Trinajstić information content (AvgIpc) is 1.82. The van der Waals surface area contributed by atoms with E-state index in [2.05, 4.69) is 4.84 Å². The van der Waals surface area contributed by atoms with E-state index in [1.54, 1.807) is 0 Å². The number of hydrogen-bond donors (Lipinski definition) is 0. The minimum absolute atomic E-state index is 0.877. The molecule has 0 aromatic carbocycles. The van der Waals surface area contributed by atoms with Crippen molar-refractivity contribution in [1.82, 2.24) is 0 Å². The third-order valence-electron chi connectivity index (χ3n) is 0.807. The third-order valence-corrected chi connectivity index (χ3v) is 1.74. The fourth-order valence-corrected chi connectivity index (χ4v) is 0.678. The third kappa shape index (κ3) is 2.02. The highest BCUT2D eigenvalue weighted by molar-refractivity contribution is 7.87. The molecule has 0 saturated heterocycles. The number of halogens is 5. The van der Waals surface area contributed by atoms with Gasteiger partial charge in [-0.3, -0.25) is 4.84 Å². The van der Waals surface area contributed by atoms with Gasteiger partial charge in [0.1, 0.15) is 0 Å². The van der Waals surface area contributed by atoms with E-state index < -0.39 is 21.6 Å². The van der Waals surface area contributed by atoms with Crippen LogP contribution >= 0.6 is 0 Å². The molecule has 0 spiro atoms. The molecule has 0 heterocycles. The number of nitrogens with zero attached hydrogens (tertiary/aromatic N) is 1. The van der Waals surface area contributed by atoms with Crippen LogP contribution in [0.3, 0.4) is 0 Å². The van der Waals surface area contributed by atoms with Gasteiger partial charge >= 0.3 is 21.6 Å². The summed E-state index contributed by atoms with van der Waals surface area (Å²) in [6, 6.07) is 0. The first-order valence-corrected chi connectivity index (χ1v) is 3.65. The van der Waals surface area contributed by atoms with Crippen molar-refractivity contribution in [2.24, 2.45) is 5.34 Å². The molecule has 0 aromatic rings. The molecule has 0 N–H and O–H groups in total. The van der Waals surface area contributed by atoms with Crippen LogP contribution < -0.4 is 0 Å². The number of alkyl halides is 4. The van der Waals surface area contributed by atoms with E-state index in [0.717, 1.165) is 5.34 Å². The average molecular weight is 229 g/mol. The van der Waals surface area contributed by atoms with Gasteiger partial charge < -0.3 is 0 Å². The summed E-state index contributed by atoms with van der Waals surface area (Å²) in [5.41, 5.74) is 0. The molecule has 0 bridgehead atoms. The largest absolute Gasteiger partial charge is 0.497 e. The second kappa shape index (κ2) is 3.05. The molecule has 0 aliphatic rings. The minimum Gasteiger partial charge on any atom is -0.292 e. The predicted octanol–water partition coefficient (Wildman–Crippen LogP) is 1.17. The summed E-state index contributed by atoms with van der Waals surface area (Å²) in [5, 5.41) is -4.87. The monoisotopic (exact) mass is 229 g/mol. The van der Waals surface area contributed by atoms with E-state index >= 15 is 0 Å². The smallest absolute Gasteiger partial charge is 0.292 e. The van der Waals surface area contributed by atoms with Crippen molar-refractivity contribution in [2.75, 3.05) is 0 Å². The van der Waals surface area contributed by atoms with Crippen molar-refractivity contribution in [3.05, 3.63) is 4.91 Å². The van der Waals surface area contributed by atoms with E-state index in [1.807, 2.05) is 0 Å². The van der Waals surface area contributed by atoms with Crippen LogP contribution in [0, 0.1) is 4.91 Å². The molecule has 0 aliphatic heterocycles. The SMILES string of the molecule is O=NOC(F)(C(F)(F)F)S(=O)(=O)F. The molecule has 1 unspecified atom stereocenters. The van der Waals surface area contributed by atoms with Crippen molar-refractivity contribution >= 4 is 10.2 Å². The summed E-state index contributed by atoms with van der Waals surface area (Å²) in [6.07, 6.45) is -6.26. The highest BCUT2D eigenvalue weighted by Gasteiger charge is 2.71. The van der Waals surface area contributed by atoms with Gasteiger partial charge in [0.15, 0.2) is 5.34 Å². The first kappa shape index (κ1) is 12.0. The highest BCUT2D eigenvalue weighted by atomic mass is 32.3. The molecule has 1 atom stereocenters. The molecule has 5 nitrogen and oxygen atoms in total. The summed E-state index contributed by atoms with van der Waals surface area (Å²) in [4.78, 5) is 11.3. The van der Waals surface area contributed by atoms with Crippen LogP contribution in [0.15, 0.2) is 5.34 Å². The van der Waals surface area contributed by atoms with Gasteiger partial charge in [0, 0.05) is 0 Å². The lowest BCUT2D eigenvalue weighted by molar-refractivity contribution is -0.291. The summed E-state index contributed by atoms with van der Waals surface area (Å²) >= 11 is 0. The van der Waals surface area contributed by atoms with Crippen LogP contribution in [0.2, 0.25) is 0 Å². The number of rotatable bonds is 3. The molecule has 11 heteroatoms. The first-order valence-electron chi connectivity index (χ1n) is 2.27. The Labute approximate surface area is 67.6 Å². The molecule has 13 heavy (non-hydrogen) atoms. The second-order valence-corrected chi connectivity index (χ2v) is 3.04. The van der Waals surface area contributed by atoms with Gasteiger partial charge in [-0.2, -0.15) is 26.0 Å². The minimum atomic E-state index is -6.79. The fraction of sp³-hybridized carbons (Fsp3) is 1.00. The van der Waals surface area contributed by atoms with Crippen molar-refractivity contribution in [3.8, 4) is 0 Å². The van der Waals surface area contributed by atoms with Crippen LogP contribution in [0.4, 0.5) is 21.4 Å². The predicted molar refractivity (Wildman–Crippen MR) is 26.8 cm³/mol. The van der Waals surface area contributed by atoms with Crippen LogP contribution in [-0.2, 0) is 15.1 Å². The Morgan fingerprint density at radius 2 is 1.54 bits per heavy atom. The summed E-state index contributed by atoms with van der Waals surface area (Å²) in [6.45, 7) is 0. The maximum Gasteiger partial charge on any atom is 0.497 e. The quantitative estimate of drug-likeness (QED) is 0.315. The van der Waals surface area contributed by atoms with Crippen LogP contribution in [0.5, 0.6) is 0 Å². The lowest BCUT2D eigenvalue weighted by Gasteiger charge is -2.18. The van der Waals surface area contributed by atoms with Gasteiger partial charge in [0.05, 0.1) is 0 Å². The van der Waals surface area contributed by atoms with Crippen molar-refractivity contribution in [2.45, 2.75) is 11.4 Å². The van der Waals surface area contributed by atoms with Gasteiger partial charge in [0.25, 0.3) is 0 Å². The maximum atomic E-state index is 12.2. The summed E-state index contributed by atoms with van der Waals surface area (Å²) in [7, 11) is -6.79. The van der Waals surface area contributed by atoms with E-state index in [0.29, 0.717) is 0 Å². The van der Waals surface area contributed by atoms with Gasteiger partial charge in [-0.1, -0.05) is 3.89 Å². The summed E-state index contributed by atoms with van der Waals surface area (Å²) in [5.74, 6) is 0. The van der Waals surface area contributed by atoms with Crippen LogP contribution in [0.25, 0.3) is 0 Å². The second-order valence-electron chi connectivity index (χ2n) is 1.64. The zero-order valence-electron chi connectivity index (χ0n) is 5.38. The molecule has 0 aliphatic carbocycles. The van der Waals surface area contributed by atoms with Crippen molar-refractivity contribution < 1.29 is 34.7 Å². The van der Waals surface area contributed by atoms with E-state index in [1.165, 1.54) is 0 Å². The van der Waals surface area contributed by atoms with Crippen LogP contribution in [-0.4, -0.2) is 19.8 Å². The summed E-state index contributed by atoms with van der Waals surface area (Å²) < 4.78 is 77.5. The fourth-order valence-electron chi connectivity index (χ4n) is 0.282. The topological polar surface area (TPSA) is 72.8 Å². The van der Waals surface area contributed by atoms with Crippen molar-refractivity contribution in [3.63, 3.8) is 0 Å². The molecule has 0 saturated carbocycles. The first-order chi connectivity index (χ1) is 5.56. The molecular weight excluding hydrogens is 229 g/mol. The van der Waals surface area contributed by atoms with Gasteiger partial charge in [-0.05, 0) is 0 Å². The lowest BCUT2D eigenvalue weighted by atomic mass is 10.6. The zero-order valence-corrected chi connectivity index (χ0v) is 6.19. The Morgan fingerprint density at radius 3 is 1.62 bits per heavy atom.